The second-order valence-electron chi connectivity index (χ2n) is 8.36. The summed E-state index contributed by atoms with van der Waals surface area (Å²) < 4.78 is 41.2. The number of halogens is 2. The van der Waals surface area contributed by atoms with Crippen LogP contribution in [0.5, 0.6) is 0 Å². The Morgan fingerprint density at radius 1 is 1.05 bits per heavy atom. The van der Waals surface area contributed by atoms with Gasteiger partial charge in [-0.15, -0.1) is 0 Å². The Morgan fingerprint density at radius 3 is 2.38 bits per heavy atom. The van der Waals surface area contributed by atoms with Crippen LogP contribution in [0.4, 0.5) is 11.5 Å². The Labute approximate surface area is 233 Å². The van der Waals surface area contributed by atoms with Gasteiger partial charge in [0.1, 0.15) is 12.1 Å². The Balaban J connectivity index is 1.65. The normalized spacial score (nSPS) is 11.9. The van der Waals surface area contributed by atoms with Crippen LogP contribution < -0.4 is 14.9 Å². The summed E-state index contributed by atoms with van der Waals surface area (Å²) >= 11 is 12.0. The fourth-order valence-corrected chi connectivity index (χ4v) is 7.13. The van der Waals surface area contributed by atoms with Crippen molar-refractivity contribution in [3.05, 3.63) is 71.1 Å². The number of hydrogen-bond donors (Lipinski definition) is 4. The summed E-state index contributed by atoms with van der Waals surface area (Å²) in [5.41, 5.74) is 0.684. The first-order valence-electron chi connectivity index (χ1n) is 11.3. The fourth-order valence-electron chi connectivity index (χ4n) is 3.72. The molecule has 12 nitrogen and oxygen atoms in total. The summed E-state index contributed by atoms with van der Waals surface area (Å²) in [6, 6.07) is 9.91. The van der Waals surface area contributed by atoms with E-state index in [1.807, 2.05) is 0 Å². The molecule has 0 aliphatic heterocycles. The van der Waals surface area contributed by atoms with E-state index in [2.05, 4.69) is 20.6 Å². The van der Waals surface area contributed by atoms with Gasteiger partial charge in [0.05, 0.1) is 28.5 Å². The van der Waals surface area contributed by atoms with Gasteiger partial charge in [-0.2, -0.15) is 0 Å². The van der Waals surface area contributed by atoms with Crippen LogP contribution >= 0.6 is 30.8 Å². The summed E-state index contributed by atoms with van der Waals surface area (Å²) in [4.78, 5) is 38.7. The number of hydrogen-bond acceptors (Lipinski definition) is 7. The highest BCUT2D eigenvalue weighted by molar-refractivity contribution is 7.93. The van der Waals surface area contributed by atoms with Gasteiger partial charge in [0.15, 0.2) is 5.82 Å². The second-order valence-corrected chi connectivity index (χ2v) is 12.7. The minimum absolute atomic E-state index is 0.0319. The third kappa shape index (κ3) is 7.07. The number of benzene rings is 2. The summed E-state index contributed by atoms with van der Waals surface area (Å²) in [7, 11) is -9.27. The molecule has 2 aromatic carbocycles. The van der Waals surface area contributed by atoms with Crippen molar-refractivity contribution >= 4 is 69.1 Å². The molecule has 0 unspecified atom stereocenters. The first-order valence-corrected chi connectivity index (χ1v) is 15.3. The molecule has 2 heterocycles. The summed E-state index contributed by atoms with van der Waals surface area (Å²) in [5.74, 6) is 0.873. The van der Waals surface area contributed by atoms with E-state index in [0.717, 1.165) is 12.1 Å². The molecule has 206 valence electrons. The van der Waals surface area contributed by atoms with E-state index in [0.29, 0.717) is 39.9 Å². The highest BCUT2D eigenvalue weighted by atomic mass is 35.5. The topological polar surface area (TPSA) is 167 Å². The molecule has 0 fully saturated rings. The number of carbonyl (C=O) groups is 1. The quantitative estimate of drug-likeness (QED) is 0.154. The van der Waals surface area contributed by atoms with Gasteiger partial charge >= 0.3 is 7.60 Å². The first kappa shape index (κ1) is 28.8. The average Bonchev–Trinajstić information content (AvgIpc) is 3.27. The van der Waals surface area contributed by atoms with Crippen molar-refractivity contribution in [2.75, 3.05) is 29.0 Å². The van der Waals surface area contributed by atoms with E-state index in [1.54, 1.807) is 29.1 Å². The zero-order valence-electron chi connectivity index (χ0n) is 20.3. The maximum atomic E-state index is 13.5. The Bertz CT molecular complexity index is 1660. The van der Waals surface area contributed by atoms with Crippen molar-refractivity contribution in [2.45, 2.75) is 11.8 Å². The summed E-state index contributed by atoms with van der Waals surface area (Å²) in [6.07, 6.45) is 3.70. The van der Waals surface area contributed by atoms with E-state index in [4.69, 9.17) is 23.2 Å². The van der Waals surface area contributed by atoms with Crippen LogP contribution in [0.1, 0.15) is 6.92 Å². The molecule has 0 aliphatic rings. The molecule has 16 heteroatoms. The maximum absolute atomic E-state index is 13.5. The maximum Gasteiger partial charge on any atom is 0.345 e. The lowest BCUT2D eigenvalue weighted by Gasteiger charge is -2.25. The number of carbonyl (C=O) groups excluding carboxylic acids is 1. The van der Waals surface area contributed by atoms with E-state index < -0.39 is 23.9 Å². The van der Waals surface area contributed by atoms with Crippen LogP contribution in [0.2, 0.25) is 10.0 Å². The molecular formula is C23H23Cl2N6O6PS. The van der Waals surface area contributed by atoms with Crippen LogP contribution in [-0.4, -0.2) is 58.0 Å². The SMILES string of the molecule is CC(=O)NCCNc1cnc(-n2ccc3cc(N(CP(=O)(O)O)S(=O)(=O)c4cc(Cl)cc(Cl)c4)ccc32)cn1. The monoisotopic (exact) mass is 612 g/mol. The van der Waals surface area contributed by atoms with E-state index in [1.165, 1.54) is 31.3 Å². The van der Waals surface area contributed by atoms with Gasteiger partial charge in [0, 0.05) is 41.6 Å². The fraction of sp³-hybridized carbons (Fsp3) is 0.174. The van der Waals surface area contributed by atoms with Crippen molar-refractivity contribution in [3.63, 3.8) is 0 Å². The van der Waals surface area contributed by atoms with Gasteiger partial charge in [-0.1, -0.05) is 23.2 Å². The van der Waals surface area contributed by atoms with Crippen molar-refractivity contribution < 1.29 is 27.6 Å². The molecule has 2 aromatic heterocycles. The highest BCUT2D eigenvalue weighted by Gasteiger charge is 2.32. The lowest BCUT2D eigenvalue weighted by Crippen LogP contribution is -2.32. The summed E-state index contributed by atoms with van der Waals surface area (Å²) in [5, 5.41) is 6.41. The molecule has 39 heavy (non-hydrogen) atoms. The Morgan fingerprint density at radius 2 is 1.77 bits per heavy atom. The Kier molecular flexibility index (Phi) is 8.50. The predicted octanol–water partition coefficient (Wildman–Crippen LogP) is 3.61. The Hall–Kier alpha value is -3.19. The third-order valence-electron chi connectivity index (χ3n) is 5.39. The van der Waals surface area contributed by atoms with Crippen molar-refractivity contribution in [1.29, 1.82) is 0 Å². The van der Waals surface area contributed by atoms with E-state index >= 15 is 0 Å². The van der Waals surface area contributed by atoms with E-state index in [-0.39, 0.29) is 26.5 Å². The largest absolute Gasteiger partial charge is 0.367 e. The first-order chi connectivity index (χ1) is 18.3. The number of amides is 1. The summed E-state index contributed by atoms with van der Waals surface area (Å²) in [6.45, 7) is 2.34. The minimum Gasteiger partial charge on any atom is -0.367 e. The standard InChI is InChI=1S/C23H23Cl2N6O6PS/c1-15(32)26-5-6-27-22-12-29-23(13-28-22)30-7-4-16-8-19(2-3-21(16)30)31(14-38(33,34)35)39(36,37)20-10-17(24)9-18(25)11-20/h2-4,7-13H,5-6,14H2,1H3,(H,26,32)(H,27,28)(H2,33,34,35). The molecule has 0 spiro atoms. The number of nitrogens with one attached hydrogen (secondary N) is 2. The van der Waals surface area contributed by atoms with Crippen LogP contribution in [0.25, 0.3) is 16.7 Å². The van der Waals surface area contributed by atoms with Gasteiger partial charge in [0.25, 0.3) is 10.0 Å². The molecule has 1 amide bonds. The molecule has 4 rings (SSSR count). The highest BCUT2D eigenvalue weighted by Crippen LogP contribution is 2.40. The van der Waals surface area contributed by atoms with E-state index in [9.17, 15) is 27.6 Å². The lowest BCUT2D eigenvalue weighted by molar-refractivity contribution is -0.118. The van der Waals surface area contributed by atoms with Crippen LogP contribution in [0.3, 0.4) is 0 Å². The van der Waals surface area contributed by atoms with Crippen LogP contribution in [0, 0.1) is 0 Å². The molecule has 4 N–H and O–H groups in total. The molecule has 0 atom stereocenters. The number of nitrogens with zero attached hydrogens (tertiary/aromatic N) is 4. The third-order valence-corrected chi connectivity index (χ3v) is 8.42. The molecule has 0 saturated heterocycles. The number of aromatic nitrogens is 3. The van der Waals surface area contributed by atoms with Crippen LogP contribution in [-0.2, 0) is 19.4 Å². The number of sulfonamides is 1. The molecule has 0 radical (unpaired) electrons. The smallest absolute Gasteiger partial charge is 0.345 e. The van der Waals surface area contributed by atoms with Crippen molar-refractivity contribution in [3.8, 4) is 5.82 Å². The number of fused-ring (bicyclic) bond motifs is 1. The minimum atomic E-state index is -4.82. The van der Waals surface area contributed by atoms with Crippen LogP contribution in [0.15, 0.2) is 66.0 Å². The average molecular weight is 613 g/mol. The predicted molar refractivity (Wildman–Crippen MR) is 149 cm³/mol. The van der Waals surface area contributed by atoms with Gasteiger partial charge in [0.2, 0.25) is 5.91 Å². The molecule has 0 saturated carbocycles. The number of anilines is 2. The molecule has 0 aliphatic carbocycles. The molecular weight excluding hydrogens is 590 g/mol. The molecule has 4 aromatic rings. The lowest BCUT2D eigenvalue weighted by atomic mass is 10.2. The van der Waals surface area contributed by atoms with Crippen molar-refractivity contribution in [2.24, 2.45) is 0 Å². The zero-order valence-corrected chi connectivity index (χ0v) is 23.5. The number of rotatable bonds is 10. The molecule has 0 bridgehead atoms. The zero-order chi connectivity index (χ0) is 28.4. The van der Waals surface area contributed by atoms with Gasteiger partial charge < -0.3 is 20.4 Å². The van der Waals surface area contributed by atoms with Crippen molar-refractivity contribution in [1.82, 2.24) is 19.9 Å². The van der Waals surface area contributed by atoms with Gasteiger partial charge in [-0.3, -0.25) is 18.2 Å². The van der Waals surface area contributed by atoms with Gasteiger partial charge in [-0.25, -0.2) is 18.4 Å². The second kappa shape index (κ2) is 11.5. The van der Waals surface area contributed by atoms with Gasteiger partial charge in [-0.05, 0) is 42.5 Å².